The first-order valence-electron chi connectivity index (χ1n) is 7.71. The summed E-state index contributed by atoms with van der Waals surface area (Å²) in [5.41, 5.74) is -1.52. The number of fused-ring (bicyclic) bond motifs is 1. The van der Waals surface area contributed by atoms with E-state index in [1.54, 1.807) is 0 Å². The number of ether oxygens (including phenoxy) is 3. The van der Waals surface area contributed by atoms with Crippen molar-refractivity contribution < 1.29 is 24.4 Å². The maximum atomic E-state index is 10.4. The third-order valence-electron chi connectivity index (χ3n) is 7.21. The predicted molar refractivity (Wildman–Crippen MR) is 67.9 cm³/mol. The Balaban J connectivity index is 1.63. The fraction of sp³-hybridized carbons (Fsp3) is 1.00. The van der Waals surface area contributed by atoms with Crippen molar-refractivity contribution in [1.82, 2.24) is 0 Å². The molecule has 20 heavy (non-hydrogen) atoms. The van der Waals surface area contributed by atoms with Crippen molar-refractivity contribution in [2.24, 2.45) is 10.8 Å². The molecule has 6 aliphatic rings. The molecule has 6 fully saturated rings. The summed E-state index contributed by atoms with van der Waals surface area (Å²) < 4.78 is 18.2. The Labute approximate surface area is 118 Å². The van der Waals surface area contributed by atoms with Gasteiger partial charge in [0.15, 0.2) is 6.29 Å². The molecule has 4 aliphatic heterocycles. The van der Waals surface area contributed by atoms with Crippen molar-refractivity contribution in [2.45, 2.75) is 75.3 Å². The maximum Gasteiger partial charge on any atom is 0.167 e. The van der Waals surface area contributed by atoms with E-state index in [2.05, 4.69) is 6.92 Å². The molecule has 0 amide bonds. The Bertz CT molecular complexity index is 493. The van der Waals surface area contributed by atoms with Crippen LogP contribution in [0.25, 0.3) is 0 Å². The van der Waals surface area contributed by atoms with Crippen LogP contribution < -0.4 is 0 Å². The van der Waals surface area contributed by atoms with E-state index in [0.29, 0.717) is 6.42 Å². The van der Waals surface area contributed by atoms with Crippen LogP contribution in [0.15, 0.2) is 0 Å². The van der Waals surface area contributed by atoms with Crippen LogP contribution in [0.3, 0.4) is 0 Å². The zero-order valence-corrected chi connectivity index (χ0v) is 12.0. The lowest BCUT2D eigenvalue weighted by molar-refractivity contribution is -0.272. The average molecular weight is 282 g/mol. The number of rotatable bonds is 1. The van der Waals surface area contributed by atoms with Crippen LogP contribution in [-0.2, 0) is 14.2 Å². The highest BCUT2D eigenvalue weighted by Crippen LogP contribution is 2.76. The van der Waals surface area contributed by atoms with Gasteiger partial charge in [0.1, 0.15) is 11.7 Å². The minimum absolute atomic E-state index is 0.00808. The highest BCUT2D eigenvalue weighted by Gasteiger charge is 2.85. The predicted octanol–water partition coefficient (Wildman–Crippen LogP) is 0.571. The first-order valence-corrected chi connectivity index (χ1v) is 7.71. The number of hydrogen-bond donors (Lipinski definition) is 2. The second kappa shape index (κ2) is 3.10. The fourth-order valence-electron chi connectivity index (χ4n) is 5.93. The van der Waals surface area contributed by atoms with Gasteiger partial charge >= 0.3 is 0 Å². The van der Waals surface area contributed by atoms with Gasteiger partial charge in [-0.25, -0.2) is 0 Å². The van der Waals surface area contributed by atoms with Gasteiger partial charge in [-0.2, -0.15) is 0 Å². The molecule has 112 valence electrons. The zero-order chi connectivity index (χ0) is 14.0. The van der Waals surface area contributed by atoms with Crippen LogP contribution in [0.1, 0.15) is 39.5 Å². The van der Waals surface area contributed by atoms with Crippen molar-refractivity contribution in [2.75, 3.05) is 6.61 Å². The molecular weight excluding hydrogens is 260 g/mol. The molecule has 1 spiro atoms. The molecule has 2 saturated carbocycles. The smallest absolute Gasteiger partial charge is 0.167 e. The summed E-state index contributed by atoms with van der Waals surface area (Å²) in [4.78, 5) is 0. The third-order valence-corrected chi connectivity index (χ3v) is 7.21. The molecule has 2 N–H and O–H groups in total. The van der Waals surface area contributed by atoms with Crippen molar-refractivity contribution in [3.8, 4) is 0 Å². The quantitative estimate of drug-likeness (QED) is 0.688. The Kier molecular flexibility index (Phi) is 1.92. The summed E-state index contributed by atoms with van der Waals surface area (Å²) in [6, 6.07) is 0. The second-order valence-electron chi connectivity index (χ2n) is 7.98. The van der Waals surface area contributed by atoms with Crippen molar-refractivity contribution in [3.63, 3.8) is 0 Å². The normalized spacial score (nSPS) is 69.6. The SMILES string of the molecule is C[C@]1(O)CCC2([C@H]3O[C@@H]4C[C@@](CO)(O3)[C@]2(C)C4)[C@H]2O[C@H]21. The topological polar surface area (TPSA) is 71.5 Å². The molecule has 0 aromatic carbocycles. The van der Waals surface area contributed by atoms with Gasteiger partial charge in [-0.15, -0.1) is 0 Å². The monoisotopic (exact) mass is 282 g/mol. The van der Waals surface area contributed by atoms with Crippen molar-refractivity contribution in [1.29, 1.82) is 0 Å². The number of hydrogen-bond acceptors (Lipinski definition) is 5. The lowest BCUT2D eigenvalue weighted by Gasteiger charge is -2.51. The molecule has 0 radical (unpaired) electrons. The summed E-state index contributed by atoms with van der Waals surface area (Å²) in [6.45, 7) is 4.15. The molecule has 0 aromatic rings. The maximum absolute atomic E-state index is 10.4. The van der Waals surface area contributed by atoms with Crippen molar-refractivity contribution in [3.05, 3.63) is 0 Å². The van der Waals surface area contributed by atoms with Gasteiger partial charge in [0.25, 0.3) is 0 Å². The molecule has 4 bridgehead atoms. The van der Waals surface area contributed by atoms with E-state index < -0.39 is 11.2 Å². The molecule has 5 heteroatoms. The Morgan fingerprint density at radius 2 is 1.90 bits per heavy atom. The van der Waals surface area contributed by atoms with Gasteiger partial charge in [0.2, 0.25) is 0 Å². The van der Waals surface area contributed by atoms with Gasteiger partial charge in [-0.3, -0.25) is 0 Å². The van der Waals surface area contributed by atoms with Gasteiger partial charge < -0.3 is 24.4 Å². The Morgan fingerprint density at radius 3 is 2.65 bits per heavy atom. The van der Waals surface area contributed by atoms with E-state index in [1.807, 2.05) is 6.92 Å². The van der Waals surface area contributed by atoms with Crippen LogP contribution in [-0.4, -0.2) is 52.6 Å². The molecule has 8 atom stereocenters. The van der Waals surface area contributed by atoms with E-state index in [0.717, 1.165) is 19.3 Å². The highest BCUT2D eigenvalue weighted by molar-refractivity contribution is 5.29. The fourth-order valence-corrected chi connectivity index (χ4v) is 5.93. The largest absolute Gasteiger partial charge is 0.393 e. The zero-order valence-electron chi connectivity index (χ0n) is 12.0. The van der Waals surface area contributed by atoms with Crippen LogP contribution in [0, 0.1) is 10.8 Å². The number of aliphatic hydroxyl groups is 2. The molecule has 2 aliphatic carbocycles. The van der Waals surface area contributed by atoms with Gasteiger partial charge in [0, 0.05) is 11.8 Å². The molecule has 6 rings (SSSR count). The minimum Gasteiger partial charge on any atom is -0.393 e. The summed E-state index contributed by atoms with van der Waals surface area (Å²) in [5, 5.41) is 20.4. The minimum atomic E-state index is -0.738. The molecule has 5 nitrogen and oxygen atoms in total. The highest BCUT2D eigenvalue weighted by atomic mass is 16.7. The average Bonchev–Trinajstić information content (AvgIpc) is 3.14. The summed E-state index contributed by atoms with van der Waals surface area (Å²) in [5.74, 6) is 0. The van der Waals surface area contributed by atoms with Crippen LogP contribution in [0.5, 0.6) is 0 Å². The Hall–Kier alpha value is -0.200. The molecule has 4 heterocycles. The van der Waals surface area contributed by atoms with Crippen LogP contribution in [0.4, 0.5) is 0 Å². The summed E-state index contributed by atoms with van der Waals surface area (Å²) in [7, 11) is 0. The molecule has 1 unspecified atom stereocenters. The molecule has 0 aromatic heterocycles. The van der Waals surface area contributed by atoms with Gasteiger partial charge in [-0.1, -0.05) is 6.92 Å². The summed E-state index contributed by atoms with van der Waals surface area (Å²) in [6.07, 6.45) is 3.10. The molecule has 4 saturated heterocycles. The third kappa shape index (κ3) is 1.00. The van der Waals surface area contributed by atoms with Crippen LogP contribution in [0.2, 0.25) is 0 Å². The standard InChI is InChI=1S/C15H22O5/c1-12(17)3-4-15(10-9(12)19-10)11-18-8-5-13(15,2)14(6-8,7-16)20-11/h8-11,16-17H,3-7H2,1-2H3/t8-,9+,10-,11-,12-,13-,14-,15?/m0/s1. The lowest BCUT2D eigenvalue weighted by atomic mass is 9.52. The second-order valence-corrected chi connectivity index (χ2v) is 7.98. The van der Waals surface area contributed by atoms with Crippen LogP contribution >= 0.6 is 0 Å². The Morgan fingerprint density at radius 1 is 1.10 bits per heavy atom. The van der Waals surface area contributed by atoms with Gasteiger partial charge in [-0.05, 0) is 26.2 Å². The van der Waals surface area contributed by atoms with E-state index in [4.69, 9.17) is 14.2 Å². The van der Waals surface area contributed by atoms with E-state index in [9.17, 15) is 10.2 Å². The van der Waals surface area contributed by atoms with Gasteiger partial charge in [0.05, 0.1) is 29.8 Å². The molecular formula is C15H22O5. The first-order chi connectivity index (χ1) is 9.39. The van der Waals surface area contributed by atoms with E-state index in [1.165, 1.54) is 0 Å². The van der Waals surface area contributed by atoms with Crippen molar-refractivity contribution >= 4 is 0 Å². The van der Waals surface area contributed by atoms with E-state index >= 15 is 0 Å². The first kappa shape index (κ1) is 12.4. The lowest BCUT2D eigenvalue weighted by Crippen LogP contribution is -2.58. The number of epoxide rings is 1. The van der Waals surface area contributed by atoms with E-state index in [-0.39, 0.29) is 42.0 Å². The summed E-state index contributed by atoms with van der Waals surface area (Å²) >= 11 is 0. The number of aliphatic hydroxyl groups excluding tert-OH is 1.